The second-order valence-corrected chi connectivity index (χ2v) is 3.52. The predicted octanol–water partition coefficient (Wildman–Crippen LogP) is 1.35. The van der Waals surface area contributed by atoms with Gasteiger partial charge >= 0.3 is 5.97 Å². The number of ether oxygens (including phenoxy) is 1. The molecule has 98 valence electrons. The fourth-order valence-electron chi connectivity index (χ4n) is 1.40. The number of nitrogens with zero attached hydrogens (tertiary/aromatic N) is 4. The van der Waals surface area contributed by atoms with Crippen molar-refractivity contribution in [3.8, 4) is 5.82 Å². The Hall–Kier alpha value is -2.77. The number of rotatable bonds is 4. The molecule has 0 aliphatic rings. The van der Waals surface area contributed by atoms with Crippen molar-refractivity contribution in [3.05, 3.63) is 46.7 Å². The van der Waals surface area contributed by atoms with Crippen LogP contribution in [0.2, 0.25) is 0 Å². The quantitative estimate of drug-likeness (QED) is 0.468. The molecule has 0 aliphatic heterocycles. The van der Waals surface area contributed by atoms with Crippen molar-refractivity contribution < 1.29 is 14.5 Å². The first kappa shape index (κ1) is 12.7. The largest absolute Gasteiger partial charge is 0.461 e. The Labute approximate surface area is 107 Å². The van der Waals surface area contributed by atoms with Crippen molar-refractivity contribution in [2.45, 2.75) is 6.92 Å². The lowest BCUT2D eigenvalue weighted by Crippen LogP contribution is -2.04. The maximum atomic E-state index is 11.4. The van der Waals surface area contributed by atoms with Gasteiger partial charge in [0.2, 0.25) is 0 Å². The van der Waals surface area contributed by atoms with E-state index in [-0.39, 0.29) is 18.0 Å². The van der Waals surface area contributed by atoms with Crippen molar-refractivity contribution in [2.75, 3.05) is 6.61 Å². The van der Waals surface area contributed by atoms with E-state index >= 15 is 0 Å². The summed E-state index contributed by atoms with van der Waals surface area (Å²) < 4.78 is 6.29. The summed E-state index contributed by atoms with van der Waals surface area (Å²) in [5.41, 5.74) is 0.0523. The molecule has 8 nitrogen and oxygen atoms in total. The highest BCUT2D eigenvalue weighted by molar-refractivity contribution is 5.87. The van der Waals surface area contributed by atoms with Gasteiger partial charge in [-0.2, -0.15) is 0 Å². The Kier molecular flexibility index (Phi) is 3.51. The molecule has 0 spiro atoms. The van der Waals surface area contributed by atoms with Crippen LogP contribution in [0.1, 0.15) is 17.4 Å². The number of pyridine rings is 1. The van der Waals surface area contributed by atoms with Gasteiger partial charge in [0.25, 0.3) is 5.69 Å². The fourth-order valence-corrected chi connectivity index (χ4v) is 1.40. The molecular weight excluding hydrogens is 252 g/mol. The third-order valence-corrected chi connectivity index (χ3v) is 2.27. The van der Waals surface area contributed by atoms with Crippen molar-refractivity contribution in [1.82, 2.24) is 14.5 Å². The van der Waals surface area contributed by atoms with Crippen molar-refractivity contribution in [1.29, 1.82) is 0 Å². The number of esters is 1. The number of hydrogen-bond donors (Lipinski definition) is 0. The number of carbonyl (C=O) groups is 1. The van der Waals surface area contributed by atoms with Crippen LogP contribution in [0.15, 0.2) is 30.9 Å². The van der Waals surface area contributed by atoms with E-state index in [1.165, 1.54) is 29.2 Å². The third kappa shape index (κ3) is 2.73. The number of carbonyl (C=O) groups excluding carboxylic acids is 1. The highest BCUT2D eigenvalue weighted by Gasteiger charge is 2.12. The summed E-state index contributed by atoms with van der Waals surface area (Å²) in [4.78, 5) is 29.2. The van der Waals surface area contributed by atoms with Gasteiger partial charge in [-0.25, -0.2) is 14.8 Å². The molecule has 0 saturated heterocycles. The summed E-state index contributed by atoms with van der Waals surface area (Å²) in [7, 11) is 0. The van der Waals surface area contributed by atoms with Crippen LogP contribution in [0.3, 0.4) is 0 Å². The topological polar surface area (TPSA) is 100 Å². The second-order valence-electron chi connectivity index (χ2n) is 3.52. The van der Waals surface area contributed by atoms with Gasteiger partial charge in [0.05, 0.1) is 11.5 Å². The molecular formula is C11H10N4O4. The first-order chi connectivity index (χ1) is 9.11. The average Bonchev–Trinajstić information content (AvgIpc) is 2.89. The van der Waals surface area contributed by atoms with Crippen LogP contribution >= 0.6 is 0 Å². The maximum Gasteiger partial charge on any atom is 0.358 e. The van der Waals surface area contributed by atoms with Gasteiger partial charge in [-0.05, 0) is 13.0 Å². The molecule has 0 aromatic carbocycles. The maximum absolute atomic E-state index is 11.4. The van der Waals surface area contributed by atoms with Gasteiger partial charge in [-0.3, -0.25) is 14.7 Å². The molecule has 19 heavy (non-hydrogen) atoms. The minimum absolute atomic E-state index is 0.102. The Morgan fingerprint density at radius 3 is 2.84 bits per heavy atom. The molecule has 0 fully saturated rings. The van der Waals surface area contributed by atoms with Crippen LogP contribution in [0.5, 0.6) is 0 Å². The molecule has 0 unspecified atom stereocenters. The minimum atomic E-state index is -0.533. The molecule has 2 aromatic rings. The zero-order valence-corrected chi connectivity index (χ0v) is 10.0. The molecule has 2 heterocycles. The lowest BCUT2D eigenvalue weighted by Gasteiger charge is -1.99. The molecule has 0 amide bonds. The van der Waals surface area contributed by atoms with Crippen LogP contribution in [0.4, 0.5) is 5.69 Å². The van der Waals surface area contributed by atoms with Gasteiger partial charge in [0, 0.05) is 12.3 Å². The monoisotopic (exact) mass is 262 g/mol. The van der Waals surface area contributed by atoms with Gasteiger partial charge in [-0.1, -0.05) is 0 Å². The molecule has 0 bridgehead atoms. The van der Waals surface area contributed by atoms with E-state index in [9.17, 15) is 14.9 Å². The van der Waals surface area contributed by atoms with Crippen LogP contribution in [-0.4, -0.2) is 32.0 Å². The average molecular weight is 262 g/mol. The zero-order chi connectivity index (χ0) is 13.8. The molecule has 0 aliphatic carbocycles. The summed E-state index contributed by atoms with van der Waals surface area (Å²) in [5, 5.41) is 10.5. The summed E-state index contributed by atoms with van der Waals surface area (Å²) >= 11 is 0. The van der Waals surface area contributed by atoms with E-state index in [0.717, 1.165) is 6.20 Å². The Balaban J connectivity index is 2.23. The van der Waals surface area contributed by atoms with Crippen LogP contribution < -0.4 is 0 Å². The van der Waals surface area contributed by atoms with Crippen molar-refractivity contribution in [3.63, 3.8) is 0 Å². The smallest absolute Gasteiger partial charge is 0.358 e. The van der Waals surface area contributed by atoms with E-state index in [4.69, 9.17) is 4.74 Å². The number of imidazole rings is 1. The van der Waals surface area contributed by atoms with E-state index in [2.05, 4.69) is 9.97 Å². The molecule has 2 rings (SSSR count). The summed E-state index contributed by atoms with van der Waals surface area (Å²) in [6.07, 6.45) is 3.98. The fraction of sp³-hybridized carbons (Fsp3) is 0.182. The van der Waals surface area contributed by atoms with Gasteiger partial charge in [0.15, 0.2) is 5.69 Å². The molecule has 0 radical (unpaired) electrons. The van der Waals surface area contributed by atoms with Gasteiger partial charge in [0.1, 0.15) is 18.3 Å². The van der Waals surface area contributed by atoms with Gasteiger partial charge in [-0.15, -0.1) is 0 Å². The number of hydrogen-bond acceptors (Lipinski definition) is 6. The second kappa shape index (κ2) is 5.25. The van der Waals surface area contributed by atoms with E-state index in [1.807, 2.05) is 0 Å². The highest BCUT2D eigenvalue weighted by atomic mass is 16.6. The predicted molar refractivity (Wildman–Crippen MR) is 64.0 cm³/mol. The molecule has 0 N–H and O–H groups in total. The van der Waals surface area contributed by atoms with E-state index in [0.29, 0.717) is 5.82 Å². The van der Waals surface area contributed by atoms with Crippen molar-refractivity contribution in [2.24, 2.45) is 0 Å². The standard InChI is InChI=1S/C11H10N4O4/c1-2-19-11(16)9-6-14(7-13-9)10-4-3-8(5-12-10)15(17)18/h3-7H,2H2,1H3. The summed E-state index contributed by atoms with van der Waals surface area (Å²) in [6, 6.07) is 2.79. The molecule has 0 atom stereocenters. The SMILES string of the molecule is CCOC(=O)c1cn(-c2ccc([N+](=O)[O-])cn2)cn1. The number of nitro groups is 1. The highest BCUT2D eigenvalue weighted by Crippen LogP contribution is 2.12. The molecule has 2 aromatic heterocycles. The van der Waals surface area contributed by atoms with Gasteiger partial charge < -0.3 is 4.74 Å². The van der Waals surface area contributed by atoms with E-state index in [1.54, 1.807) is 6.92 Å². The Morgan fingerprint density at radius 1 is 1.47 bits per heavy atom. The zero-order valence-electron chi connectivity index (χ0n) is 10.0. The van der Waals surface area contributed by atoms with Crippen LogP contribution in [-0.2, 0) is 4.74 Å². The molecule has 8 heteroatoms. The normalized spacial score (nSPS) is 10.2. The summed E-state index contributed by atoms with van der Waals surface area (Å²) in [5.74, 6) is -0.100. The van der Waals surface area contributed by atoms with E-state index < -0.39 is 10.9 Å². The molecule has 0 saturated carbocycles. The lowest BCUT2D eigenvalue weighted by molar-refractivity contribution is -0.385. The summed E-state index contributed by atoms with van der Waals surface area (Å²) in [6.45, 7) is 1.97. The van der Waals surface area contributed by atoms with Crippen LogP contribution in [0, 0.1) is 10.1 Å². The lowest BCUT2D eigenvalue weighted by atomic mass is 10.4. The first-order valence-electron chi connectivity index (χ1n) is 5.43. The Bertz CT molecular complexity index is 605. The number of aromatic nitrogens is 3. The van der Waals surface area contributed by atoms with Crippen LogP contribution in [0.25, 0.3) is 5.82 Å². The third-order valence-electron chi connectivity index (χ3n) is 2.27. The minimum Gasteiger partial charge on any atom is -0.461 e. The van der Waals surface area contributed by atoms with Crippen molar-refractivity contribution >= 4 is 11.7 Å². The first-order valence-corrected chi connectivity index (χ1v) is 5.43. The Morgan fingerprint density at radius 2 is 2.26 bits per heavy atom.